The van der Waals surface area contributed by atoms with Crippen LogP contribution >= 0.6 is 23.4 Å². The molecular formula is C22H26ClN5O2S. The van der Waals surface area contributed by atoms with Crippen LogP contribution in [0.5, 0.6) is 0 Å². The maximum absolute atomic E-state index is 12.4. The van der Waals surface area contributed by atoms with Crippen molar-refractivity contribution in [2.75, 3.05) is 29.1 Å². The van der Waals surface area contributed by atoms with Crippen LogP contribution in [0.2, 0.25) is 5.02 Å². The van der Waals surface area contributed by atoms with E-state index in [1.165, 1.54) is 11.8 Å². The molecule has 0 radical (unpaired) electrons. The highest BCUT2D eigenvalue weighted by Gasteiger charge is 2.30. The number of anilines is 2. The highest BCUT2D eigenvalue weighted by molar-refractivity contribution is 7.99. The molecule has 0 spiro atoms. The quantitative estimate of drug-likeness (QED) is 0.614. The van der Waals surface area contributed by atoms with E-state index in [0.29, 0.717) is 28.3 Å². The summed E-state index contributed by atoms with van der Waals surface area (Å²) in [7, 11) is 0. The van der Waals surface area contributed by atoms with Gasteiger partial charge in [0.2, 0.25) is 11.8 Å². The van der Waals surface area contributed by atoms with Gasteiger partial charge in [0.1, 0.15) is 5.03 Å². The Bertz CT molecular complexity index is 951. The molecule has 4 rings (SSSR count). The largest absolute Gasteiger partial charge is 0.354 e. The fourth-order valence-corrected chi connectivity index (χ4v) is 4.45. The Morgan fingerprint density at radius 1 is 1.19 bits per heavy atom. The third kappa shape index (κ3) is 6.11. The average Bonchev–Trinajstić information content (AvgIpc) is 3.59. The van der Waals surface area contributed by atoms with E-state index in [1.807, 2.05) is 31.2 Å². The number of amides is 2. The van der Waals surface area contributed by atoms with Crippen LogP contribution in [0, 0.1) is 12.8 Å². The minimum atomic E-state index is -0.151. The topological polar surface area (TPSA) is 87.2 Å². The molecule has 2 fully saturated rings. The monoisotopic (exact) mass is 459 g/mol. The number of piperidine rings is 1. The normalized spacial score (nSPS) is 18.5. The summed E-state index contributed by atoms with van der Waals surface area (Å²) in [6.07, 6.45) is 4.07. The van der Waals surface area contributed by atoms with Gasteiger partial charge in [0.05, 0.1) is 22.4 Å². The Morgan fingerprint density at radius 3 is 2.74 bits per heavy atom. The smallest absolute Gasteiger partial charge is 0.234 e. The summed E-state index contributed by atoms with van der Waals surface area (Å²) < 4.78 is 0. The van der Waals surface area contributed by atoms with Crippen molar-refractivity contribution in [1.29, 1.82) is 0 Å². The molecular weight excluding hydrogens is 434 g/mol. The fourth-order valence-electron chi connectivity index (χ4n) is 3.55. The van der Waals surface area contributed by atoms with E-state index in [0.717, 1.165) is 43.6 Å². The molecule has 2 amide bonds. The Balaban J connectivity index is 1.27. The Morgan fingerprint density at radius 2 is 2.03 bits per heavy atom. The van der Waals surface area contributed by atoms with Gasteiger partial charge in [-0.15, -0.1) is 10.2 Å². The van der Waals surface area contributed by atoms with E-state index >= 15 is 0 Å². The van der Waals surface area contributed by atoms with Gasteiger partial charge in [-0.1, -0.05) is 29.4 Å². The predicted molar refractivity (Wildman–Crippen MR) is 124 cm³/mol. The van der Waals surface area contributed by atoms with Crippen LogP contribution in [0.4, 0.5) is 11.5 Å². The van der Waals surface area contributed by atoms with Gasteiger partial charge in [-0.25, -0.2) is 0 Å². The van der Waals surface area contributed by atoms with E-state index in [9.17, 15) is 9.59 Å². The third-order valence-electron chi connectivity index (χ3n) is 5.42. The number of benzene rings is 1. The van der Waals surface area contributed by atoms with E-state index < -0.39 is 0 Å². The molecule has 1 aromatic carbocycles. The van der Waals surface area contributed by atoms with Crippen molar-refractivity contribution in [2.45, 2.75) is 43.7 Å². The zero-order valence-electron chi connectivity index (χ0n) is 17.4. The molecule has 2 heterocycles. The van der Waals surface area contributed by atoms with Crippen LogP contribution in [-0.2, 0) is 9.59 Å². The van der Waals surface area contributed by atoms with Gasteiger partial charge in [0.15, 0.2) is 5.82 Å². The van der Waals surface area contributed by atoms with Crippen LogP contribution in [-0.4, -0.2) is 46.9 Å². The summed E-state index contributed by atoms with van der Waals surface area (Å²) in [5, 5.41) is 15.7. The predicted octanol–water partition coefficient (Wildman–Crippen LogP) is 3.66. The molecule has 7 nitrogen and oxygen atoms in total. The third-order valence-corrected chi connectivity index (χ3v) is 6.65. The maximum Gasteiger partial charge on any atom is 0.234 e. The molecule has 2 aromatic rings. The number of carbonyl (C=O) groups is 2. The van der Waals surface area contributed by atoms with E-state index in [4.69, 9.17) is 11.6 Å². The number of rotatable bonds is 7. The zero-order chi connectivity index (χ0) is 21.8. The summed E-state index contributed by atoms with van der Waals surface area (Å²) >= 11 is 7.49. The highest BCUT2D eigenvalue weighted by Crippen LogP contribution is 2.26. The molecule has 1 saturated heterocycles. The molecule has 0 bridgehead atoms. The molecule has 2 aliphatic rings. The molecule has 1 unspecified atom stereocenters. The van der Waals surface area contributed by atoms with E-state index in [2.05, 4.69) is 25.7 Å². The molecule has 1 aromatic heterocycles. The van der Waals surface area contributed by atoms with E-state index in [-0.39, 0.29) is 23.5 Å². The summed E-state index contributed by atoms with van der Waals surface area (Å²) in [5.74, 6) is 0.992. The molecule has 1 saturated carbocycles. The lowest BCUT2D eigenvalue weighted by molar-refractivity contribution is -0.125. The van der Waals surface area contributed by atoms with Crippen LogP contribution in [0.15, 0.2) is 35.4 Å². The van der Waals surface area contributed by atoms with Crippen molar-refractivity contribution >= 4 is 46.7 Å². The Hall–Kier alpha value is -2.32. The fraction of sp³-hybridized carbons (Fsp3) is 0.455. The van der Waals surface area contributed by atoms with Gasteiger partial charge in [-0.3, -0.25) is 9.59 Å². The average molecular weight is 460 g/mol. The second-order valence-electron chi connectivity index (χ2n) is 8.12. The van der Waals surface area contributed by atoms with Crippen molar-refractivity contribution in [3.63, 3.8) is 0 Å². The summed E-state index contributed by atoms with van der Waals surface area (Å²) in [5.41, 5.74) is 1.64. The number of hydrogen-bond donors (Lipinski definition) is 2. The lowest BCUT2D eigenvalue weighted by Crippen LogP contribution is -2.44. The Kier molecular flexibility index (Phi) is 6.97. The summed E-state index contributed by atoms with van der Waals surface area (Å²) in [6.45, 7) is 3.48. The summed E-state index contributed by atoms with van der Waals surface area (Å²) in [4.78, 5) is 26.7. The number of halogens is 1. The lowest BCUT2D eigenvalue weighted by Gasteiger charge is -2.32. The van der Waals surface area contributed by atoms with Crippen LogP contribution in [0.1, 0.15) is 31.2 Å². The van der Waals surface area contributed by atoms with Crippen LogP contribution < -0.4 is 15.5 Å². The standard InChI is InChI=1S/C22H26ClN5O2S/c1-14-4-7-18(17(23)11-14)25-20(29)13-31-21-9-8-19(26-27-21)28-10-2-3-15(12-28)22(30)24-16-5-6-16/h4,7-9,11,15-16H,2-3,5-6,10,12-13H2,1H3,(H,24,30)(H,25,29). The van der Waals surface area contributed by atoms with Crippen molar-refractivity contribution < 1.29 is 9.59 Å². The number of aromatic nitrogens is 2. The second-order valence-corrected chi connectivity index (χ2v) is 9.52. The van der Waals surface area contributed by atoms with Crippen LogP contribution in [0.25, 0.3) is 0 Å². The first-order valence-electron chi connectivity index (χ1n) is 10.6. The molecule has 31 heavy (non-hydrogen) atoms. The minimum absolute atomic E-state index is 0.00231. The van der Waals surface area contributed by atoms with Gasteiger partial charge in [0.25, 0.3) is 0 Å². The first-order chi connectivity index (χ1) is 15.0. The maximum atomic E-state index is 12.4. The van der Waals surface area contributed by atoms with Gasteiger partial charge in [-0.2, -0.15) is 0 Å². The molecule has 164 valence electrons. The molecule has 1 atom stereocenters. The number of nitrogens with zero attached hydrogens (tertiary/aromatic N) is 3. The molecule has 2 N–H and O–H groups in total. The Labute approximate surface area is 191 Å². The first-order valence-corrected chi connectivity index (χ1v) is 11.9. The lowest BCUT2D eigenvalue weighted by atomic mass is 9.97. The van der Waals surface area contributed by atoms with Gasteiger partial charge >= 0.3 is 0 Å². The molecule has 1 aliphatic heterocycles. The minimum Gasteiger partial charge on any atom is -0.354 e. The number of thioether (sulfide) groups is 1. The van der Waals surface area contributed by atoms with Gasteiger partial charge in [-0.05, 0) is 62.4 Å². The van der Waals surface area contributed by atoms with Crippen molar-refractivity contribution in [1.82, 2.24) is 15.5 Å². The number of carbonyl (C=O) groups excluding carboxylic acids is 2. The zero-order valence-corrected chi connectivity index (χ0v) is 19.0. The van der Waals surface area contributed by atoms with Crippen molar-refractivity contribution in [2.24, 2.45) is 5.92 Å². The summed E-state index contributed by atoms with van der Waals surface area (Å²) in [6, 6.07) is 9.68. The van der Waals surface area contributed by atoms with Crippen molar-refractivity contribution in [3.8, 4) is 0 Å². The first kappa shape index (κ1) is 21.9. The molecule has 1 aliphatic carbocycles. The van der Waals surface area contributed by atoms with Crippen molar-refractivity contribution in [3.05, 3.63) is 40.9 Å². The second kappa shape index (κ2) is 9.87. The SMILES string of the molecule is Cc1ccc(NC(=O)CSc2ccc(N3CCCC(C(=O)NC4CC4)C3)nn2)c(Cl)c1. The number of aryl methyl sites for hydroxylation is 1. The highest BCUT2D eigenvalue weighted by atomic mass is 35.5. The van der Waals surface area contributed by atoms with E-state index in [1.54, 1.807) is 6.07 Å². The van der Waals surface area contributed by atoms with Gasteiger partial charge < -0.3 is 15.5 Å². The number of hydrogen-bond acceptors (Lipinski definition) is 6. The van der Waals surface area contributed by atoms with Gasteiger partial charge in [0, 0.05) is 19.1 Å². The number of nitrogens with one attached hydrogen (secondary N) is 2. The molecule has 9 heteroatoms. The van der Waals surface area contributed by atoms with Crippen LogP contribution in [0.3, 0.4) is 0 Å².